The Hall–Kier alpha value is -0.660. The third-order valence-corrected chi connectivity index (χ3v) is 7.51. The third kappa shape index (κ3) is 5.28. The van der Waals surface area contributed by atoms with Gasteiger partial charge >= 0.3 is 27.3 Å². The molecule has 0 spiro atoms. The normalized spacial score (nSPS) is 11.8. The summed E-state index contributed by atoms with van der Waals surface area (Å²) in [7, 11) is -6.03. The molecule has 0 aliphatic rings. The number of ether oxygens (including phenoxy) is 2. The van der Waals surface area contributed by atoms with Gasteiger partial charge in [0.1, 0.15) is 0 Å². The van der Waals surface area contributed by atoms with Crippen LogP contribution in [-0.2, 0) is 14.9 Å². The number of hydrogen-bond donors (Lipinski definition) is 1. The molecule has 2 aromatic carbocycles. The van der Waals surface area contributed by atoms with Gasteiger partial charge in [-0.25, -0.2) is 9.59 Å². The number of esters is 2. The quantitative estimate of drug-likeness (QED) is 0.161. The van der Waals surface area contributed by atoms with Gasteiger partial charge < -0.3 is 9.47 Å². The highest BCUT2D eigenvalue weighted by atomic mass is 127. The van der Waals surface area contributed by atoms with Crippen molar-refractivity contribution in [3.63, 3.8) is 0 Å². The maximum atomic E-state index is 13.4. The maximum absolute atomic E-state index is 13.4. The highest BCUT2D eigenvalue weighted by Gasteiger charge is 2.54. The fourth-order valence-corrected chi connectivity index (χ4v) is 4.37. The van der Waals surface area contributed by atoms with Crippen molar-refractivity contribution in [1.82, 2.24) is 0 Å². The van der Waals surface area contributed by atoms with Gasteiger partial charge in [-0.2, -0.15) is 17.2 Å². The molecule has 0 amide bonds. The summed E-state index contributed by atoms with van der Waals surface area (Å²) in [5, 5.41) is -5.19. The van der Waals surface area contributed by atoms with E-state index in [0.717, 1.165) is 19.3 Å². The minimum atomic E-state index is -6.03. The van der Waals surface area contributed by atoms with E-state index in [2.05, 4.69) is 4.74 Å². The first-order valence-electron chi connectivity index (χ1n) is 6.87. The molecule has 2 aromatic rings. The van der Waals surface area contributed by atoms with Crippen LogP contribution in [-0.4, -0.2) is 30.2 Å². The summed E-state index contributed by atoms with van der Waals surface area (Å²) in [6.07, 6.45) is 0. The van der Waals surface area contributed by atoms with Crippen LogP contribution in [0, 0.1) is 10.7 Å². The largest absolute Gasteiger partial charge is 0.466 e. The highest BCUT2D eigenvalue weighted by molar-refractivity contribution is 14.1. The second-order valence-electron chi connectivity index (χ2n) is 4.97. The van der Waals surface area contributed by atoms with E-state index in [0.29, 0.717) is 3.57 Å². The first-order valence-corrected chi connectivity index (χ1v) is 11.5. The maximum Gasteiger partial charge on any atom is 0.466 e. The average Bonchev–Trinajstić information content (AvgIpc) is 2.58. The van der Waals surface area contributed by atoms with Crippen molar-refractivity contribution in [2.24, 2.45) is 0 Å². The molecule has 0 saturated heterocycles. The van der Waals surface area contributed by atoms with E-state index < -0.39 is 38.8 Å². The molecule has 0 aliphatic heterocycles. The van der Waals surface area contributed by atoms with Crippen molar-refractivity contribution >= 4 is 89.8 Å². The van der Waals surface area contributed by atoms with Gasteiger partial charge in [-0.15, -0.1) is 0 Å². The number of carbonyl (C=O) groups is 2. The Morgan fingerprint density at radius 2 is 1.54 bits per heavy atom. The minimum Gasteiger partial charge on any atom is -0.419 e. The zero-order chi connectivity index (χ0) is 21.3. The summed E-state index contributed by atoms with van der Waals surface area (Å²) in [5.41, 5.74) is 0.196. The fourth-order valence-electron chi connectivity index (χ4n) is 1.74. The van der Waals surface area contributed by atoms with Gasteiger partial charge in [-0.05, 0) is 92.0 Å². The Kier molecular flexibility index (Phi) is 7.59. The lowest BCUT2D eigenvalue weighted by Gasteiger charge is -2.14. The summed E-state index contributed by atoms with van der Waals surface area (Å²) in [6.45, 7) is 0. The van der Waals surface area contributed by atoms with Crippen LogP contribution < -0.4 is 9.47 Å². The molecule has 0 aliphatic carbocycles. The van der Waals surface area contributed by atoms with Crippen molar-refractivity contribution in [3.8, 4) is 11.5 Å². The smallest absolute Gasteiger partial charge is 0.419 e. The summed E-state index contributed by atoms with van der Waals surface area (Å²) < 4.78 is 68.2. The molecule has 0 aromatic heterocycles. The molecule has 0 atom stereocenters. The molecule has 0 fully saturated rings. The van der Waals surface area contributed by atoms with Gasteiger partial charge in [-0.3, -0.25) is 4.55 Å². The lowest BCUT2D eigenvalue weighted by molar-refractivity contribution is -0.151. The SMILES string of the molecule is O=C(Oc1ccccc1OC(=O)C(F)(F)S(=O)(=O)O)c1cc(I)cc(I)c1I. The van der Waals surface area contributed by atoms with Crippen molar-refractivity contribution in [3.05, 3.63) is 52.7 Å². The van der Waals surface area contributed by atoms with Gasteiger partial charge in [0.15, 0.2) is 11.5 Å². The molecule has 7 nitrogen and oxygen atoms in total. The van der Waals surface area contributed by atoms with Crippen molar-refractivity contribution < 1.29 is 40.8 Å². The lowest BCUT2D eigenvalue weighted by Crippen LogP contribution is -2.40. The molecular formula is C15H7F2I3O7S. The Morgan fingerprint density at radius 3 is 2.07 bits per heavy atom. The summed E-state index contributed by atoms with van der Waals surface area (Å²) in [6, 6.07) is 8.22. The number of rotatable bonds is 5. The molecule has 28 heavy (non-hydrogen) atoms. The summed E-state index contributed by atoms with van der Waals surface area (Å²) >= 11 is 5.96. The average molecular weight is 750 g/mol. The van der Waals surface area contributed by atoms with Gasteiger partial charge in [-0.1, -0.05) is 12.1 Å². The van der Waals surface area contributed by atoms with Gasteiger partial charge in [0.25, 0.3) is 0 Å². The standard InChI is InChI=1S/C15H7F2I3O7S/c16-15(17,28(23,24)25)14(22)27-11-4-2-1-3-10(11)26-13(21)8-5-7(18)6-9(19)12(8)20/h1-6H,(H,23,24,25). The molecular weight excluding hydrogens is 743 g/mol. The Labute approximate surface area is 198 Å². The van der Waals surface area contributed by atoms with Crippen LogP contribution >= 0.6 is 67.8 Å². The molecule has 2 rings (SSSR count). The number of hydrogen-bond acceptors (Lipinski definition) is 6. The van der Waals surface area contributed by atoms with Crippen molar-refractivity contribution in [2.75, 3.05) is 0 Å². The number of alkyl halides is 2. The second-order valence-corrected chi connectivity index (χ2v) is 9.92. The molecule has 0 heterocycles. The number of carbonyl (C=O) groups excluding carboxylic acids is 2. The Bertz CT molecular complexity index is 1060. The zero-order valence-electron chi connectivity index (χ0n) is 13.2. The zero-order valence-corrected chi connectivity index (χ0v) is 20.4. The molecule has 1 N–H and O–H groups in total. The van der Waals surface area contributed by atoms with Crippen LogP contribution in [0.3, 0.4) is 0 Å². The third-order valence-electron chi connectivity index (χ3n) is 3.03. The molecule has 13 heteroatoms. The topological polar surface area (TPSA) is 107 Å². The monoisotopic (exact) mass is 750 g/mol. The molecule has 0 unspecified atom stereocenters. The van der Waals surface area contributed by atoms with E-state index in [4.69, 9.17) is 9.29 Å². The molecule has 0 bridgehead atoms. The first-order chi connectivity index (χ1) is 12.8. The van der Waals surface area contributed by atoms with E-state index in [9.17, 15) is 26.8 Å². The minimum absolute atomic E-state index is 0.196. The van der Waals surface area contributed by atoms with Crippen LogP contribution in [0.5, 0.6) is 11.5 Å². The fraction of sp³-hybridized carbons (Fsp3) is 0.0667. The molecule has 0 saturated carbocycles. The Morgan fingerprint density at radius 1 is 1.00 bits per heavy atom. The van der Waals surface area contributed by atoms with Crippen LogP contribution in [0.15, 0.2) is 36.4 Å². The lowest BCUT2D eigenvalue weighted by atomic mass is 10.2. The number of para-hydroxylation sites is 2. The molecule has 150 valence electrons. The van der Waals surface area contributed by atoms with E-state index >= 15 is 0 Å². The van der Waals surface area contributed by atoms with Gasteiger partial charge in [0, 0.05) is 10.7 Å². The van der Waals surface area contributed by atoms with Crippen LogP contribution in [0.1, 0.15) is 10.4 Å². The predicted molar refractivity (Wildman–Crippen MR) is 118 cm³/mol. The molecule has 0 radical (unpaired) electrons. The predicted octanol–water partition coefficient (Wildman–Crippen LogP) is 4.11. The van der Waals surface area contributed by atoms with Crippen molar-refractivity contribution in [2.45, 2.75) is 5.25 Å². The van der Waals surface area contributed by atoms with E-state index in [1.807, 2.05) is 73.8 Å². The van der Waals surface area contributed by atoms with E-state index in [1.165, 1.54) is 12.1 Å². The van der Waals surface area contributed by atoms with Crippen LogP contribution in [0.25, 0.3) is 0 Å². The van der Waals surface area contributed by atoms with Gasteiger partial charge in [0.05, 0.1) is 5.56 Å². The number of benzene rings is 2. The van der Waals surface area contributed by atoms with Crippen LogP contribution in [0.2, 0.25) is 0 Å². The first kappa shape index (κ1) is 23.6. The van der Waals surface area contributed by atoms with E-state index in [1.54, 1.807) is 6.07 Å². The highest BCUT2D eigenvalue weighted by Crippen LogP contribution is 2.32. The number of halogens is 5. The van der Waals surface area contributed by atoms with Gasteiger partial charge in [0.2, 0.25) is 0 Å². The second kappa shape index (κ2) is 9.00. The van der Waals surface area contributed by atoms with Crippen molar-refractivity contribution in [1.29, 1.82) is 0 Å². The summed E-state index contributed by atoms with van der Waals surface area (Å²) in [4.78, 5) is 24.0. The Balaban J connectivity index is 2.33. The van der Waals surface area contributed by atoms with E-state index in [-0.39, 0.29) is 5.56 Å². The van der Waals surface area contributed by atoms with Crippen LogP contribution in [0.4, 0.5) is 8.78 Å². The summed E-state index contributed by atoms with van der Waals surface area (Å²) in [5.74, 6) is -4.40.